The van der Waals surface area contributed by atoms with Crippen LogP contribution in [0.1, 0.15) is 21.5 Å². The van der Waals surface area contributed by atoms with E-state index in [0.717, 1.165) is 38.5 Å². The molecule has 0 spiro atoms. The molecular weight excluding hydrogens is 441 g/mol. The van der Waals surface area contributed by atoms with Gasteiger partial charge in [-0.15, -0.1) is 8.58 Å². The number of rotatable bonds is 6. The zero-order valence-electron chi connectivity index (χ0n) is 17.6. The number of aromatic nitrogens is 1. The molecule has 0 bridgehead atoms. The summed E-state index contributed by atoms with van der Waals surface area (Å²) < 4.78 is 0. The fourth-order valence-corrected chi connectivity index (χ4v) is 4.74. The zero-order chi connectivity index (χ0) is 22.3. The van der Waals surface area contributed by atoms with Crippen LogP contribution in [0.4, 0.5) is 11.5 Å². The summed E-state index contributed by atoms with van der Waals surface area (Å²) in [5.41, 5.74) is 3.30. The van der Waals surface area contributed by atoms with Gasteiger partial charge in [0, 0.05) is 37.1 Å². The molecule has 4 rings (SSSR count). The maximum absolute atomic E-state index is 12.7. The van der Waals surface area contributed by atoms with Crippen molar-refractivity contribution in [3.63, 3.8) is 0 Å². The molecule has 2 heterocycles. The Morgan fingerprint density at radius 1 is 1.06 bits per heavy atom. The molecule has 0 radical (unpaired) electrons. The van der Waals surface area contributed by atoms with E-state index in [4.69, 9.17) is 17.0 Å². The SMILES string of the molecule is N=C(c1ccc(CNc2ccccc2C(=O)Nc2ccc(Cl)cn2)cc1)N1CCPCC1. The quantitative estimate of drug-likeness (QED) is 0.274. The minimum absolute atomic E-state index is 0.242. The number of anilines is 2. The van der Waals surface area contributed by atoms with Gasteiger partial charge < -0.3 is 15.5 Å². The van der Waals surface area contributed by atoms with E-state index in [1.165, 1.54) is 18.5 Å². The van der Waals surface area contributed by atoms with E-state index in [0.29, 0.717) is 28.8 Å². The standard InChI is InChI=1S/C24H25ClN5OP/c25-19-9-10-22(28-16-19)29-24(31)20-3-1-2-4-21(20)27-15-17-5-7-18(8-6-17)23(26)30-11-13-32-14-12-30/h1-10,16,26-27,32H,11-15H2,(H,28,29,31). The van der Waals surface area contributed by atoms with Gasteiger partial charge in [-0.25, -0.2) is 4.98 Å². The minimum Gasteiger partial charge on any atom is -0.380 e. The van der Waals surface area contributed by atoms with Crippen LogP contribution in [-0.2, 0) is 6.54 Å². The third-order valence-corrected chi connectivity index (χ3v) is 6.66. The summed E-state index contributed by atoms with van der Waals surface area (Å²) in [6, 6.07) is 18.8. The Bertz CT molecular complexity index is 1080. The molecule has 1 aliphatic rings. The largest absolute Gasteiger partial charge is 0.380 e. The van der Waals surface area contributed by atoms with Crippen LogP contribution in [0.2, 0.25) is 5.02 Å². The fourth-order valence-electron chi connectivity index (χ4n) is 3.52. The van der Waals surface area contributed by atoms with Crippen molar-refractivity contribution in [2.75, 3.05) is 36.0 Å². The van der Waals surface area contributed by atoms with E-state index in [1.807, 2.05) is 42.5 Å². The molecule has 0 atom stereocenters. The van der Waals surface area contributed by atoms with E-state index >= 15 is 0 Å². The van der Waals surface area contributed by atoms with E-state index in [9.17, 15) is 4.79 Å². The van der Waals surface area contributed by atoms with Crippen LogP contribution in [0.5, 0.6) is 0 Å². The van der Waals surface area contributed by atoms with Gasteiger partial charge in [-0.2, -0.15) is 0 Å². The van der Waals surface area contributed by atoms with Crippen molar-refractivity contribution >= 4 is 43.4 Å². The van der Waals surface area contributed by atoms with Crippen LogP contribution in [0, 0.1) is 5.41 Å². The van der Waals surface area contributed by atoms with Crippen molar-refractivity contribution in [1.82, 2.24) is 9.88 Å². The van der Waals surface area contributed by atoms with Gasteiger partial charge in [-0.3, -0.25) is 10.2 Å². The smallest absolute Gasteiger partial charge is 0.258 e. The molecule has 3 aromatic rings. The highest BCUT2D eigenvalue weighted by Gasteiger charge is 2.15. The monoisotopic (exact) mass is 465 g/mol. The Kier molecular flexibility index (Phi) is 7.35. The number of carbonyl (C=O) groups is 1. The molecule has 6 nitrogen and oxygen atoms in total. The highest BCUT2D eigenvalue weighted by Crippen LogP contribution is 2.20. The number of nitrogens with one attached hydrogen (secondary N) is 3. The summed E-state index contributed by atoms with van der Waals surface area (Å²) in [5.74, 6) is 0.808. The van der Waals surface area contributed by atoms with Gasteiger partial charge in [0.2, 0.25) is 0 Å². The second-order valence-corrected chi connectivity index (χ2v) is 9.43. The number of amidine groups is 1. The maximum atomic E-state index is 12.7. The molecule has 8 heteroatoms. The Hall–Kier alpha value is -2.95. The summed E-state index contributed by atoms with van der Waals surface area (Å²) in [5, 5.41) is 15.1. The number of halogens is 1. The van der Waals surface area contributed by atoms with Gasteiger partial charge in [-0.05, 0) is 42.2 Å². The number of hydrogen-bond donors (Lipinski definition) is 3. The number of amides is 1. The van der Waals surface area contributed by atoms with E-state index in [-0.39, 0.29) is 5.91 Å². The zero-order valence-corrected chi connectivity index (χ0v) is 19.3. The molecule has 1 fully saturated rings. The second kappa shape index (κ2) is 10.6. The van der Waals surface area contributed by atoms with E-state index in [1.54, 1.807) is 18.2 Å². The van der Waals surface area contributed by atoms with Gasteiger partial charge in [0.15, 0.2) is 0 Å². The van der Waals surface area contributed by atoms with Crippen molar-refractivity contribution in [1.29, 1.82) is 5.41 Å². The lowest BCUT2D eigenvalue weighted by Crippen LogP contribution is -2.37. The first-order valence-electron chi connectivity index (χ1n) is 10.5. The van der Waals surface area contributed by atoms with Crippen LogP contribution in [0.15, 0.2) is 66.9 Å². The Morgan fingerprint density at radius 2 is 1.81 bits per heavy atom. The molecule has 0 aliphatic carbocycles. The summed E-state index contributed by atoms with van der Waals surface area (Å²) in [6.07, 6.45) is 3.87. The van der Waals surface area contributed by atoms with Crippen LogP contribution in [-0.4, -0.2) is 47.0 Å². The number of benzene rings is 2. The molecule has 0 saturated carbocycles. The summed E-state index contributed by atoms with van der Waals surface area (Å²) in [7, 11) is 1.03. The molecule has 164 valence electrons. The van der Waals surface area contributed by atoms with E-state index < -0.39 is 0 Å². The first kappa shape index (κ1) is 22.3. The molecule has 0 unspecified atom stereocenters. The number of carbonyl (C=O) groups excluding carboxylic acids is 1. The van der Waals surface area contributed by atoms with Crippen molar-refractivity contribution in [2.45, 2.75) is 6.54 Å². The van der Waals surface area contributed by atoms with Gasteiger partial charge in [0.25, 0.3) is 5.91 Å². The molecule has 1 amide bonds. The lowest BCUT2D eigenvalue weighted by molar-refractivity contribution is 0.102. The third kappa shape index (κ3) is 5.64. The molecule has 1 saturated heterocycles. The molecule has 1 aromatic heterocycles. The van der Waals surface area contributed by atoms with Crippen LogP contribution in [0.25, 0.3) is 0 Å². The van der Waals surface area contributed by atoms with Crippen LogP contribution >= 0.6 is 20.2 Å². The summed E-state index contributed by atoms with van der Waals surface area (Å²) in [4.78, 5) is 19.0. The lowest BCUT2D eigenvalue weighted by atomic mass is 10.1. The molecule has 1 aliphatic heterocycles. The predicted molar refractivity (Wildman–Crippen MR) is 134 cm³/mol. The van der Waals surface area contributed by atoms with E-state index in [2.05, 4.69) is 20.5 Å². The minimum atomic E-state index is -0.242. The number of nitrogens with zero attached hydrogens (tertiary/aromatic N) is 2. The maximum Gasteiger partial charge on any atom is 0.258 e. The summed E-state index contributed by atoms with van der Waals surface area (Å²) in [6.45, 7) is 2.53. The van der Waals surface area contributed by atoms with Crippen LogP contribution in [0.3, 0.4) is 0 Å². The molecule has 32 heavy (non-hydrogen) atoms. The first-order chi connectivity index (χ1) is 15.6. The third-order valence-electron chi connectivity index (χ3n) is 5.28. The Balaban J connectivity index is 1.39. The van der Waals surface area contributed by atoms with Crippen molar-refractivity contribution in [2.24, 2.45) is 0 Å². The lowest BCUT2D eigenvalue weighted by Gasteiger charge is -2.29. The van der Waals surface area contributed by atoms with Gasteiger partial charge in [-0.1, -0.05) is 48.0 Å². The van der Waals surface area contributed by atoms with Crippen molar-refractivity contribution in [3.05, 3.63) is 88.6 Å². The Labute approximate surface area is 194 Å². The predicted octanol–water partition coefficient (Wildman–Crippen LogP) is 4.92. The first-order valence-corrected chi connectivity index (χ1v) is 12.3. The molecular formula is C24H25ClN5OP. The average molecular weight is 466 g/mol. The summed E-state index contributed by atoms with van der Waals surface area (Å²) >= 11 is 5.86. The number of hydrogen-bond acceptors (Lipinski definition) is 4. The fraction of sp³-hybridized carbons (Fsp3) is 0.208. The number of para-hydroxylation sites is 1. The molecule has 2 aromatic carbocycles. The second-order valence-electron chi connectivity index (χ2n) is 7.50. The highest BCUT2D eigenvalue weighted by molar-refractivity contribution is 7.38. The highest BCUT2D eigenvalue weighted by atomic mass is 35.5. The van der Waals surface area contributed by atoms with Gasteiger partial charge in [0.1, 0.15) is 11.7 Å². The van der Waals surface area contributed by atoms with Crippen molar-refractivity contribution in [3.8, 4) is 0 Å². The number of pyridine rings is 1. The topological polar surface area (TPSA) is 81.1 Å². The van der Waals surface area contributed by atoms with Crippen molar-refractivity contribution < 1.29 is 4.79 Å². The Morgan fingerprint density at radius 3 is 2.53 bits per heavy atom. The van der Waals surface area contributed by atoms with Gasteiger partial charge >= 0.3 is 0 Å². The average Bonchev–Trinajstić information content (AvgIpc) is 2.85. The van der Waals surface area contributed by atoms with Gasteiger partial charge in [0.05, 0.1) is 10.6 Å². The molecule has 3 N–H and O–H groups in total. The normalized spacial score (nSPS) is 13.5. The van der Waals surface area contributed by atoms with Crippen LogP contribution < -0.4 is 10.6 Å².